The molecule has 0 aliphatic carbocycles. The van der Waals surface area contributed by atoms with E-state index in [4.69, 9.17) is 9.47 Å². The molecule has 0 N–H and O–H groups in total. The van der Waals surface area contributed by atoms with Gasteiger partial charge in [0.05, 0.1) is 11.8 Å². The summed E-state index contributed by atoms with van der Waals surface area (Å²) in [6.07, 6.45) is 9.26. The number of benzene rings is 1. The van der Waals surface area contributed by atoms with Gasteiger partial charge in [0.1, 0.15) is 13.3 Å². The maximum atomic E-state index is 5.94. The Hall–Kier alpha value is -2.66. The third kappa shape index (κ3) is 3.35. The second-order valence-electron chi connectivity index (χ2n) is 7.24. The topological polar surface area (TPSA) is 47.0 Å². The van der Waals surface area contributed by atoms with E-state index in [1.165, 1.54) is 22.4 Å². The molecule has 5 heteroatoms. The van der Waals surface area contributed by atoms with E-state index >= 15 is 0 Å². The predicted molar refractivity (Wildman–Crippen MR) is 105 cm³/mol. The van der Waals surface area contributed by atoms with Crippen molar-refractivity contribution in [1.82, 2.24) is 9.88 Å². The number of hydrogen-bond acceptors (Lipinski definition) is 5. The molecule has 1 atom stereocenters. The molecule has 0 radical (unpaired) electrons. The Morgan fingerprint density at radius 1 is 1.22 bits per heavy atom. The molecule has 27 heavy (non-hydrogen) atoms. The van der Waals surface area contributed by atoms with Gasteiger partial charge < -0.3 is 14.4 Å². The third-order valence-corrected chi connectivity index (χ3v) is 5.47. The van der Waals surface area contributed by atoms with Gasteiger partial charge in [-0.3, -0.25) is 4.98 Å². The zero-order chi connectivity index (χ0) is 18.1. The van der Waals surface area contributed by atoms with Crippen LogP contribution >= 0.6 is 0 Å². The molecule has 1 saturated heterocycles. The fourth-order valence-electron chi connectivity index (χ4n) is 3.98. The van der Waals surface area contributed by atoms with Crippen LogP contribution < -0.4 is 0 Å². The molecule has 3 aliphatic rings. The van der Waals surface area contributed by atoms with Crippen molar-refractivity contribution in [2.45, 2.75) is 25.4 Å². The number of nitrogens with zero attached hydrogens (tertiary/aromatic N) is 3. The van der Waals surface area contributed by atoms with Gasteiger partial charge in [0.2, 0.25) is 5.90 Å². The zero-order valence-electron chi connectivity index (χ0n) is 15.3. The number of pyridine rings is 1. The van der Waals surface area contributed by atoms with E-state index < -0.39 is 0 Å². The average molecular weight is 361 g/mol. The second-order valence-corrected chi connectivity index (χ2v) is 7.24. The monoisotopic (exact) mass is 361 g/mol. The number of rotatable bonds is 3. The van der Waals surface area contributed by atoms with E-state index in [2.05, 4.69) is 45.2 Å². The molecule has 1 fully saturated rings. The van der Waals surface area contributed by atoms with Crippen molar-refractivity contribution in [3.63, 3.8) is 0 Å². The van der Waals surface area contributed by atoms with E-state index in [0.717, 1.165) is 43.9 Å². The molecule has 1 aromatic carbocycles. The summed E-state index contributed by atoms with van der Waals surface area (Å²) in [5, 5.41) is 0. The van der Waals surface area contributed by atoms with Crippen LogP contribution in [0.4, 0.5) is 0 Å². The van der Waals surface area contributed by atoms with E-state index in [1.807, 2.05) is 18.5 Å². The van der Waals surface area contributed by atoms with Crippen LogP contribution in [0.1, 0.15) is 24.0 Å². The van der Waals surface area contributed by atoms with Crippen LogP contribution in [0.2, 0.25) is 0 Å². The summed E-state index contributed by atoms with van der Waals surface area (Å²) < 4.78 is 11.6. The highest BCUT2D eigenvalue weighted by molar-refractivity contribution is 5.97. The lowest BCUT2D eigenvalue weighted by molar-refractivity contribution is 0.0639. The molecule has 1 unspecified atom stereocenters. The Morgan fingerprint density at radius 3 is 3.07 bits per heavy atom. The van der Waals surface area contributed by atoms with Crippen molar-refractivity contribution in [2.24, 2.45) is 4.99 Å². The molecule has 5 rings (SSSR count). The van der Waals surface area contributed by atoms with E-state index in [9.17, 15) is 0 Å². The quantitative estimate of drug-likeness (QED) is 0.839. The zero-order valence-corrected chi connectivity index (χ0v) is 15.3. The normalized spacial score (nSPS) is 21.2. The summed E-state index contributed by atoms with van der Waals surface area (Å²) in [4.78, 5) is 11.2. The van der Waals surface area contributed by atoms with E-state index in [1.54, 1.807) is 0 Å². The molecular weight excluding hydrogens is 338 g/mol. The van der Waals surface area contributed by atoms with E-state index in [-0.39, 0.29) is 6.10 Å². The Bertz CT molecular complexity index is 886. The number of hydrogen-bond donors (Lipinski definition) is 0. The molecule has 5 nitrogen and oxygen atoms in total. The fraction of sp³-hybridized carbons (Fsp3) is 0.364. The van der Waals surface area contributed by atoms with Gasteiger partial charge in [0.25, 0.3) is 0 Å². The molecule has 138 valence electrons. The second kappa shape index (κ2) is 7.16. The van der Waals surface area contributed by atoms with Crippen molar-refractivity contribution in [3.05, 3.63) is 59.9 Å². The Morgan fingerprint density at radius 2 is 2.22 bits per heavy atom. The minimum Gasteiger partial charge on any atom is -0.475 e. The Kier molecular flexibility index (Phi) is 4.38. The van der Waals surface area contributed by atoms with Gasteiger partial charge in [-0.05, 0) is 42.0 Å². The van der Waals surface area contributed by atoms with Crippen molar-refractivity contribution >= 4 is 11.6 Å². The van der Waals surface area contributed by atoms with Gasteiger partial charge in [0, 0.05) is 37.2 Å². The van der Waals surface area contributed by atoms with E-state index in [0.29, 0.717) is 13.3 Å². The predicted octanol–water partition coefficient (Wildman–Crippen LogP) is 3.51. The van der Waals surface area contributed by atoms with Gasteiger partial charge in [0.15, 0.2) is 0 Å². The summed E-state index contributed by atoms with van der Waals surface area (Å²) in [5.74, 6) is 0.723. The first-order chi connectivity index (χ1) is 13.4. The lowest BCUT2D eigenvalue weighted by Gasteiger charge is -2.34. The molecule has 0 bridgehead atoms. The van der Waals surface area contributed by atoms with Gasteiger partial charge >= 0.3 is 0 Å². The van der Waals surface area contributed by atoms with Crippen LogP contribution in [0.15, 0.2) is 53.8 Å². The highest BCUT2D eigenvalue weighted by Crippen LogP contribution is 2.33. The lowest BCUT2D eigenvalue weighted by Crippen LogP contribution is -2.33. The van der Waals surface area contributed by atoms with Crippen LogP contribution in [0, 0.1) is 0 Å². The van der Waals surface area contributed by atoms with Gasteiger partial charge in [-0.2, -0.15) is 0 Å². The maximum absolute atomic E-state index is 5.94. The minimum absolute atomic E-state index is 0.213. The van der Waals surface area contributed by atoms with Crippen LogP contribution in [0.25, 0.3) is 16.8 Å². The summed E-state index contributed by atoms with van der Waals surface area (Å²) in [7, 11) is 0. The summed E-state index contributed by atoms with van der Waals surface area (Å²) in [5.41, 5.74) is 6.24. The highest BCUT2D eigenvalue weighted by Gasteiger charge is 2.25. The van der Waals surface area contributed by atoms with Gasteiger partial charge in [-0.15, -0.1) is 0 Å². The average Bonchev–Trinajstić information content (AvgIpc) is 3.26. The number of ether oxygens (including phenoxy) is 2. The standard InChI is InChI=1S/C22H23N3O2/c1-3-18(13-23-8-1)16-5-6-20-17(11-16)7-9-25-15-24-22(12-21(20)25)27-14-19-4-2-10-26-19/h1,3,5-6,8,11-13,19H,2,4,7,9-10,14-15H2. The summed E-state index contributed by atoms with van der Waals surface area (Å²) >= 11 is 0. The summed E-state index contributed by atoms with van der Waals surface area (Å²) in [6.45, 7) is 3.09. The van der Waals surface area contributed by atoms with Crippen molar-refractivity contribution in [3.8, 4) is 11.1 Å². The third-order valence-electron chi connectivity index (χ3n) is 5.47. The van der Waals surface area contributed by atoms with Crippen molar-refractivity contribution in [1.29, 1.82) is 0 Å². The molecule has 0 spiro atoms. The fourth-order valence-corrected chi connectivity index (χ4v) is 3.98. The molecule has 0 saturated carbocycles. The Labute approximate surface area is 159 Å². The van der Waals surface area contributed by atoms with Gasteiger partial charge in [-0.1, -0.05) is 24.3 Å². The molecular formula is C22H23N3O2. The van der Waals surface area contributed by atoms with Crippen LogP contribution in [-0.4, -0.2) is 48.3 Å². The van der Waals surface area contributed by atoms with Crippen LogP contribution in [-0.2, 0) is 15.9 Å². The first-order valence-corrected chi connectivity index (χ1v) is 9.66. The van der Waals surface area contributed by atoms with Crippen LogP contribution in [0.3, 0.4) is 0 Å². The minimum atomic E-state index is 0.213. The molecule has 2 aromatic rings. The number of aromatic nitrogens is 1. The molecule has 0 amide bonds. The molecule has 4 heterocycles. The SMILES string of the molecule is C1=C2c3ccc(-c4cccnc4)cc3CCN2CN=C1OCC1CCCO1. The first-order valence-electron chi connectivity index (χ1n) is 9.66. The molecule has 1 aromatic heterocycles. The largest absolute Gasteiger partial charge is 0.475 e. The maximum Gasteiger partial charge on any atom is 0.212 e. The van der Waals surface area contributed by atoms with Crippen molar-refractivity contribution < 1.29 is 9.47 Å². The smallest absolute Gasteiger partial charge is 0.212 e. The summed E-state index contributed by atoms with van der Waals surface area (Å²) in [6, 6.07) is 10.8. The lowest BCUT2D eigenvalue weighted by atomic mass is 9.92. The number of aliphatic imine (C=N–C) groups is 1. The van der Waals surface area contributed by atoms with Crippen LogP contribution in [0.5, 0.6) is 0 Å². The van der Waals surface area contributed by atoms with Gasteiger partial charge in [-0.25, -0.2) is 4.99 Å². The number of fused-ring (bicyclic) bond motifs is 3. The Balaban J connectivity index is 1.39. The first kappa shape index (κ1) is 16.5. The van der Waals surface area contributed by atoms with Crippen molar-refractivity contribution in [2.75, 3.05) is 26.4 Å². The highest BCUT2D eigenvalue weighted by atomic mass is 16.5. The molecule has 3 aliphatic heterocycles.